The molecule has 0 aliphatic carbocycles. The molecule has 2 N–H and O–H groups in total. The number of hydrogen-bond donors (Lipinski definition) is 2. The van der Waals surface area contributed by atoms with Crippen LogP contribution < -0.4 is 15.4 Å². The van der Waals surface area contributed by atoms with Crippen molar-refractivity contribution in [2.75, 3.05) is 19.7 Å². The molecule has 21 heavy (non-hydrogen) atoms. The fourth-order valence-electron chi connectivity index (χ4n) is 2.44. The number of amides is 1. The quantitative estimate of drug-likeness (QED) is 0.772. The van der Waals surface area contributed by atoms with Crippen LogP contribution in [0, 0.1) is 5.92 Å². The average Bonchev–Trinajstić information content (AvgIpc) is 2.48. The van der Waals surface area contributed by atoms with Crippen LogP contribution in [0.15, 0.2) is 28.7 Å². The number of hydrogen-bond acceptors (Lipinski definition) is 3. The van der Waals surface area contributed by atoms with Gasteiger partial charge in [0.15, 0.2) is 0 Å². The van der Waals surface area contributed by atoms with Crippen LogP contribution in [-0.4, -0.2) is 31.6 Å². The molecule has 0 saturated carbocycles. The second-order valence-electron chi connectivity index (χ2n) is 5.53. The van der Waals surface area contributed by atoms with E-state index < -0.39 is 0 Å². The standard InChI is InChI=1S/C16H23BrN2O2/c1-12-8-9-18-11-14(12)19-16(20)7-4-10-21-15-6-3-2-5-13(15)17/h2-3,5-6,12,14,18H,4,7-11H2,1H3,(H,19,20). The Kier molecular flexibility index (Phi) is 6.51. The number of carbonyl (C=O) groups is 1. The number of ether oxygens (including phenoxy) is 1. The highest BCUT2D eigenvalue weighted by Gasteiger charge is 2.22. The molecule has 116 valence electrons. The number of rotatable bonds is 6. The van der Waals surface area contributed by atoms with E-state index in [1.165, 1.54) is 0 Å². The summed E-state index contributed by atoms with van der Waals surface area (Å²) < 4.78 is 6.60. The maximum atomic E-state index is 11.9. The van der Waals surface area contributed by atoms with Gasteiger partial charge in [-0.05, 0) is 53.4 Å². The molecule has 0 aromatic heterocycles. The van der Waals surface area contributed by atoms with Crippen molar-refractivity contribution in [2.24, 2.45) is 5.92 Å². The van der Waals surface area contributed by atoms with Crippen molar-refractivity contribution in [2.45, 2.75) is 32.2 Å². The maximum Gasteiger partial charge on any atom is 0.220 e. The second-order valence-corrected chi connectivity index (χ2v) is 6.38. The van der Waals surface area contributed by atoms with Crippen LogP contribution in [0.5, 0.6) is 5.75 Å². The molecule has 1 aromatic carbocycles. The van der Waals surface area contributed by atoms with Gasteiger partial charge in [-0.3, -0.25) is 4.79 Å². The van der Waals surface area contributed by atoms with E-state index in [9.17, 15) is 4.79 Å². The van der Waals surface area contributed by atoms with Crippen LogP contribution in [0.1, 0.15) is 26.2 Å². The zero-order chi connectivity index (χ0) is 15.1. The predicted octanol–water partition coefficient (Wildman–Crippen LogP) is 2.72. The van der Waals surface area contributed by atoms with Gasteiger partial charge in [0.25, 0.3) is 0 Å². The van der Waals surface area contributed by atoms with E-state index in [0.29, 0.717) is 18.9 Å². The Bertz CT molecular complexity index is 467. The Hall–Kier alpha value is -1.07. The Morgan fingerprint density at radius 3 is 3.05 bits per heavy atom. The summed E-state index contributed by atoms with van der Waals surface area (Å²) in [4.78, 5) is 11.9. The zero-order valence-corrected chi connectivity index (χ0v) is 14.0. The first-order valence-corrected chi connectivity index (χ1v) is 8.33. The molecular weight excluding hydrogens is 332 g/mol. The molecular formula is C16H23BrN2O2. The molecule has 2 atom stereocenters. The Morgan fingerprint density at radius 1 is 1.48 bits per heavy atom. The molecule has 0 spiro atoms. The van der Waals surface area contributed by atoms with Gasteiger partial charge in [0, 0.05) is 19.0 Å². The highest BCUT2D eigenvalue weighted by molar-refractivity contribution is 9.10. The molecule has 1 heterocycles. The Labute approximate surface area is 134 Å². The fourth-order valence-corrected chi connectivity index (χ4v) is 2.84. The number of halogens is 1. The number of nitrogens with one attached hydrogen (secondary N) is 2. The number of para-hydroxylation sites is 1. The second kappa shape index (κ2) is 8.39. The van der Waals surface area contributed by atoms with E-state index in [-0.39, 0.29) is 11.9 Å². The molecule has 1 saturated heterocycles. The van der Waals surface area contributed by atoms with Crippen LogP contribution in [0.3, 0.4) is 0 Å². The summed E-state index contributed by atoms with van der Waals surface area (Å²) in [6.45, 7) is 4.67. The third-order valence-corrected chi connectivity index (χ3v) is 4.47. The van der Waals surface area contributed by atoms with E-state index in [2.05, 4.69) is 33.5 Å². The first kappa shape index (κ1) is 16.3. The smallest absolute Gasteiger partial charge is 0.220 e. The average molecular weight is 355 g/mol. The Morgan fingerprint density at radius 2 is 2.29 bits per heavy atom. The zero-order valence-electron chi connectivity index (χ0n) is 12.4. The minimum atomic E-state index is 0.117. The van der Waals surface area contributed by atoms with E-state index in [1.807, 2.05) is 24.3 Å². The molecule has 2 rings (SSSR count). The van der Waals surface area contributed by atoms with E-state index in [1.54, 1.807) is 0 Å². The highest BCUT2D eigenvalue weighted by Crippen LogP contribution is 2.23. The molecule has 1 aliphatic heterocycles. The molecule has 4 nitrogen and oxygen atoms in total. The van der Waals surface area contributed by atoms with Gasteiger partial charge in [0.1, 0.15) is 5.75 Å². The van der Waals surface area contributed by atoms with Gasteiger partial charge in [-0.1, -0.05) is 19.1 Å². The highest BCUT2D eigenvalue weighted by atomic mass is 79.9. The summed E-state index contributed by atoms with van der Waals surface area (Å²) >= 11 is 3.44. The van der Waals surface area contributed by atoms with Crippen molar-refractivity contribution >= 4 is 21.8 Å². The lowest BCUT2D eigenvalue weighted by molar-refractivity contribution is -0.122. The van der Waals surface area contributed by atoms with Gasteiger partial charge in [-0.25, -0.2) is 0 Å². The minimum Gasteiger partial charge on any atom is -0.492 e. The molecule has 0 bridgehead atoms. The first-order chi connectivity index (χ1) is 10.2. The van der Waals surface area contributed by atoms with Gasteiger partial charge in [0.05, 0.1) is 11.1 Å². The van der Waals surface area contributed by atoms with Crippen molar-refractivity contribution < 1.29 is 9.53 Å². The summed E-state index contributed by atoms with van der Waals surface area (Å²) in [6, 6.07) is 8.00. The van der Waals surface area contributed by atoms with Crippen LogP contribution in [0.4, 0.5) is 0 Å². The summed E-state index contributed by atoms with van der Waals surface area (Å²) in [6.07, 6.45) is 2.35. The molecule has 2 unspecified atom stereocenters. The van der Waals surface area contributed by atoms with Gasteiger partial charge in [0.2, 0.25) is 5.91 Å². The topological polar surface area (TPSA) is 50.4 Å². The lowest BCUT2D eigenvalue weighted by Gasteiger charge is -2.30. The largest absolute Gasteiger partial charge is 0.492 e. The van der Waals surface area contributed by atoms with Crippen molar-refractivity contribution in [1.82, 2.24) is 10.6 Å². The lowest BCUT2D eigenvalue weighted by atomic mass is 9.95. The van der Waals surface area contributed by atoms with Crippen molar-refractivity contribution in [3.63, 3.8) is 0 Å². The molecule has 1 fully saturated rings. The van der Waals surface area contributed by atoms with Crippen LogP contribution in [0.25, 0.3) is 0 Å². The van der Waals surface area contributed by atoms with Gasteiger partial charge >= 0.3 is 0 Å². The SMILES string of the molecule is CC1CCNCC1NC(=O)CCCOc1ccccc1Br. The van der Waals surface area contributed by atoms with Crippen molar-refractivity contribution in [3.8, 4) is 5.75 Å². The normalized spacial score (nSPS) is 21.8. The summed E-state index contributed by atoms with van der Waals surface area (Å²) in [7, 11) is 0. The Balaban J connectivity index is 1.64. The molecule has 0 radical (unpaired) electrons. The number of carbonyl (C=O) groups excluding carboxylic acids is 1. The predicted molar refractivity (Wildman–Crippen MR) is 87.5 cm³/mol. The molecule has 1 aromatic rings. The molecule has 1 aliphatic rings. The maximum absolute atomic E-state index is 11.9. The van der Waals surface area contributed by atoms with E-state index >= 15 is 0 Å². The van der Waals surface area contributed by atoms with Crippen LogP contribution in [-0.2, 0) is 4.79 Å². The van der Waals surface area contributed by atoms with E-state index in [0.717, 1.165) is 36.2 Å². The molecule has 1 amide bonds. The van der Waals surface area contributed by atoms with Gasteiger partial charge in [-0.2, -0.15) is 0 Å². The van der Waals surface area contributed by atoms with Gasteiger partial charge in [-0.15, -0.1) is 0 Å². The fraction of sp³-hybridized carbons (Fsp3) is 0.562. The van der Waals surface area contributed by atoms with Crippen molar-refractivity contribution in [3.05, 3.63) is 28.7 Å². The summed E-state index contributed by atoms with van der Waals surface area (Å²) in [5, 5.41) is 6.43. The summed E-state index contributed by atoms with van der Waals surface area (Å²) in [5.41, 5.74) is 0. The first-order valence-electron chi connectivity index (χ1n) is 7.54. The van der Waals surface area contributed by atoms with Crippen LogP contribution in [0.2, 0.25) is 0 Å². The van der Waals surface area contributed by atoms with Crippen LogP contribution >= 0.6 is 15.9 Å². The van der Waals surface area contributed by atoms with E-state index in [4.69, 9.17) is 4.74 Å². The third-order valence-electron chi connectivity index (χ3n) is 3.82. The number of benzene rings is 1. The van der Waals surface area contributed by atoms with Gasteiger partial charge < -0.3 is 15.4 Å². The third kappa shape index (κ3) is 5.32. The molecule has 5 heteroatoms. The monoisotopic (exact) mass is 354 g/mol. The lowest BCUT2D eigenvalue weighted by Crippen LogP contribution is -2.50. The minimum absolute atomic E-state index is 0.117. The number of piperidine rings is 1. The van der Waals surface area contributed by atoms with Crippen molar-refractivity contribution in [1.29, 1.82) is 0 Å². The summed E-state index contributed by atoms with van der Waals surface area (Å²) in [5.74, 6) is 1.49.